The molecule has 0 fully saturated rings. The lowest BCUT2D eigenvalue weighted by Crippen LogP contribution is -2.46. The average molecular weight is 520 g/mol. The molecule has 3 aromatic rings. The van der Waals surface area contributed by atoms with Crippen molar-refractivity contribution in [1.82, 2.24) is 24.1 Å². The van der Waals surface area contributed by atoms with Crippen LogP contribution >= 0.6 is 0 Å². The summed E-state index contributed by atoms with van der Waals surface area (Å²) in [4.78, 5) is 2.47. The molecule has 2 atom stereocenters. The summed E-state index contributed by atoms with van der Waals surface area (Å²) in [5, 5.41) is 4.40. The van der Waals surface area contributed by atoms with Crippen LogP contribution in [0.3, 0.4) is 0 Å². The smallest absolute Gasteiger partial charge is 0.240 e. The summed E-state index contributed by atoms with van der Waals surface area (Å²) in [5.74, 6) is 0. The van der Waals surface area contributed by atoms with Gasteiger partial charge in [-0.15, -0.1) is 0 Å². The molecule has 2 N–H and O–H groups in total. The van der Waals surface area contributed by atoms with Crippen molar-refractivity contribution < 1.29 is 16.8 Å². The molecule has 1 aromatic heterocycles. The van der Waals surface area contributed by atoms with Crippen LogP contribution in [0.2, 0.25) is 0 Å². The Morgan fingerprint density at radius 1 is 0.829 bits per heavy atom. The maximum Gasteiger partial charge on any atom is 0.240 e. The molecule has 11 heteroatoms. The van der Waals surface area contributed by atoms with Gasteiger partial charge < -0.3 is 0 Å². The number of nitrogens with zero attached hydrogens (tertiary/aromatic N) is 3. The number of benzene rings is 2. The van der Waals surface area contributed by atoms with Gasteiger partial charge in [-0.2, -0.15) is 5.10 Å². The Morgan fingerprint density at radius 2 is 1.29 bits per heavy atom. The highest BCUT2D eigenvalue weighted by Gasteiger charge is 2.23. The molecular formula is C24H33N5O4S2. The number of nitrogens with one attached hydrogen (secondary N) is 2. The molecule has 0 amide bonds. The van der Waals surface area contributed by atoms with E-state index in [1.807, 2.05) is 31.6 Å². The van der Waals surface area contributed by atoms with E-state index in [2.05, 4.69) is 19.4 Å². The summed E-state index contributed by atoms with van der Waals surface area (Å²) < 4.78 is 57.6. The lowest BCUT2D eigenvalue weighted by Gasteiger charge is -2.33. The van der Waals surface area contributed by atoms with Crippen molar-refractivity contribution in [3.63, 3.8) is 0 Å². The van der Waals surface area contributed by atoms with Crippen LogP contribution in [-0.2, 0) is 20.0 Å². The van der Waals surface area contributed by atoms with E-state index in [0.29, 0.717) is 13.1 Å². The van der Waals surface area contributed by atoms with E-state index in [-0.39, 0.29) is 35.0 Å². The minimum absolute atomic E-state index is 0.0137. The summed E-state index contributed by atoms with van der Waals surface area (Å²) in [6.45, 7) is 7.17. The summed E-state index contributed by atoms with van der Waals surface area (Å²) in [7, 11) is -7.27. The predicted octanol–water partition coefficient (Wildman–Crippen LogP) is 2.40. The molecule has 0 bridgehead atoms. The third-order valence-corrected chi connectivity index (χ3v) is 8.87. The van der Waals surface area contributed by atoms with Crippen LogP contribution in [0.1, 0.15) is 25.5 Å². The molecule has 0 aliphatic carbocycles. The molecular weight excluding hydrogens is 486 g/mol. The summed E-state index contributed by atoms with van der Waals surface area (Å²) in [6.07, 6.45) is 3.74. The number of aryl methyl sites for hydroxylation is 1. The van der Waals surface area contributed by atoms with Crippen LogP contribution in [0, 0.1) is 6.92 Å². The molecule has 0 unspecified atom stereocenters. The second-order valence-electron chi connectivity index (χ2n) is 8.44. The first-order valence-electron chi connectivity index (χ1n) is 11.4. The largest absolute Gasteiger partial charge is 0.296 e. The maximum absolute atomic E-state index is 12.6. The molecule has 0 aliphatic heterocycles. The fourth-order valence-electron chi connectivity index (χ4n) is 3.71. The van der Waals surface area contributed by atoms with E-state index < -0.39 is 20.0 Å². The highest BCUT2D eigenvalue weighted by molar-refractivity contribution is 7.89. The van der Waals surface area contributed by atoms with E-state index in [1.54, 1.807) is 66.9 Å². The lowest BCUT2D eigenvalue weighted by atomic mass is 10.1. The van der Waals surface area contributed by atoms with Gasteiger partial charge in [0, 0.05) is 38.4 Å². The zero-order valence-corrected chi connectivity index (χ0v) is 21.8. The van der Waals surface area contributed by atoms with Gasteiger partial charge in [-0.3, -0.25) is 9.58 Å². The number of sulfonamides is 2. The minimum atomic E-state index is -3.64. The van der Waals surface area contributed by atoms with E-state index in [4.69, 9.17) is 0 Å². The number of hydrogen-bond acceptors (Lipinski definition) is 6. The number of rotatable bonds is 13. The monoisotopic (exact) mass is 519 g/mol. The molecule has 0 saturated carbocycles. The molecule has 0 spiro atoms. The van der Waals surface area contributed by atoms with Crippen molar-refractivity contribution in [2.24, 2.45) is 0 Å². The van der Waals surface area contributed by atoms with Gasteiger partial charge in [0.2, 0.25) is 20.0 Å². The third kappa shape index (κ3) is 7.45. The van der Waals surface area contributed by atoms with Gasteiger partial charge >= 0.3 is 0 Å². The Balaban J connectivity index is 1.67. The van der Waals surface area contributed by atoms with Crippen molar-refractivity contribution in [3.8, 4) is 0 Å². The van der Waals surface area contributed by atoms with Crippen molar-refractivity contribution in [2.45, 2.75) is 42.6 Å². The van der Waals surface area contributed by atoms with Gasteiger partial charge in [-0.05, 0) is 50.6 Å². The zero-order valence-electron chi connectivity index (χ0n) is 20.2. The van der Waals surface area contributed by atoms with Crippen LogP contribution < -0.4 is 9.44 Å². The first-order valence-corrected chi connectivity index (χ1v) is 14.4. The number of hydrogen-bond donors (Lipinski definition) is 2. The van der Waals surface area contributed by atoms with E-state index in [9.17, 15) is 16.8 Å². The normalized spacial score (nSPS) is 14.2. The predicted molar refractivity (Wildman–Crippen MR) is 136 cm³/mol. The minimum Gasteiger partial charge on any atom is -0.296 e. The molecule has 2 aromatic carbocycles. The maximum atomic E-state index is 12.6. The Kier molecular flexibility index (Phi) is 9.20. The quantitative estimate of drug-likeness (QED) is 0.359. The van der Waals surface area contributed by atoms with Crippen LogP contribution in [-0.4, -0.2) is 63.7 Å². The summed E-state index contributed by atoms with van der Waals surface area (Å²) >= 11 is 0. The fourth-order valence-corrected chi connectivity index (χ4v) is 5.80. The van der Waals surface area contributed by atoms with Gasteiger partial charge in [0.15, 0.2) is 0 Å². The summed E-state index contributed by atoms with van der Waals surface area (Å²) in [6, 6.07) is 16.3. The first kappa shape index (κ1) is 27.0. The van der Waals surface area contributed by atoms with Gasteiger partial charge in [-0.25, -0.2) is 26.3 Å². The van der Waals surface area contributed by atoms with E-state index in [1.165, 1.54) is 0 Å². The van der Waals surface area contributed by atoms with Gasteiger partial charge in [0.25, 0.3) is 0 Å². The SMILES string of the molecule is Cc1cnn([C@@H](C)[C@@H](C)N(CCNS(=O)(=O)c2ccccc2)CCNS(=O)(=O)c2ccccc2)c1. The molecule has 0 saturated heterocycles. The lowest BCUT2D eigenvalue weighted by molar-refractivity contribution is 0.163. The highest BCUT2D eigenvalue weighted by Crippen LogP contribution is 2.17. The molecule has 0 aliphatic rings. The van der Waals surface area contributed by atoms with Crippen molar-refractivity contribution in [3.05, 3.63) is 78.6 Å². The summed E-state index contributed by atoms with van der Waals surface area (Å²) in [5.41, 5.74) is 1.04. The van der Waals surface area contributed by atoms with Crippen LogP contribution in [0.5, 0.6) is 0 Å². The Hall–Kier alpha value is -2.57. The Bertz CT molecular complexity index is 1200. The highest BCUT2D eigenvalue weighted by atomic mass is 32.2. The van der Waals surface area contributed by atoms with Gasteiger partial charge in [-0.1, -0.05) is 36.4 Å². The van der Waals surface area contributed by atoms with Crippen molar-refractivity contribution in [1.29, 1.82) is 0 Å². The van der Waals surface area contributed by atoms with Crippen molar-refractivity contribution in [2.75, 3.05) is 26.2 Å². The second kappa shape index (κ2) is 11.9. The van der Waals surface area contributed by atoms with Crippen LogP contribution in [0.4, 0.5) is 0 Å². The van der Waals surface area contributed by atoms with E-state index in [0.717, 1.165) is 5.56 Å². The topological polar surface area (TPSA) is 113 Å². The molecule has 190 valence electrons. The average Bonchev–Trinajstić information content (AvgIpc) is 3.29. The molecule has 1 heterocycles. The van der Waals surface area contributed by atoms with Gasteiger partial charge in [0.1, 0.15) is 0 Å². The molecule has 9 nitrogen and oxygen atoms in total. The first-order chi connectivity index (χ1) is 16.6. The van der Waals surface area contributed by atoms with Gasteiger partial charge in [0.05, 0.1) is 22.0 Å². The second-order valence-corrected chi connectivity index (χ2v) is 12.0. The van der Waals surface area contributed by atoms with Crippen LogP contribution in [0.25, 0.3) is 0 Å². The third-order valence-electron chi connectivity index (χ3n) is 5.91. The molecule has 3 rings (SSSR count). The van der Waals surface area contributed by atoms with Crippen LogP contribution in [0.15, 0.2) is 82.8 Å². The van der Waals surface area contributed by atoms with E-state index >= 15 is 0 Å². The molecule has 0 radical (unpaired) electrons. The zero-order chi connectivity index (χ0) is 25.5. The molecule has 35 heavy (non-hydrogen) atoms. The number of aromatic nitrogens is 2. The fraction of sp³-hybridized carbons (Fsp3) is 0.375. The Labute approximate surface area is 208 Å². The Morgan fingerprint density at radius 3 is 1.69 bits per heavy atom. The standard InChI is InChI=1S/C24H33N5O4S2/c1-20-18-25-29(19-20)22(3)21(2)28(16-14-26-34(30,31)23-10-6-4-7-11-23)17-15-27-35(32,33)24-12-8-5-9-13-24/h4-13,18-19,21-22,26-27H,14-17H2,1-3H3/t21-,22+/m1/s1. The van der Waals surface area contributed by atoms with Crippen molar-refractivity contribution >= 4 is 20.0 Å².